The van der Waals surface area contributed by atoms with E-state index in [1.54, 1.807) is 60.7 Å². The summed E-state index contributed by atoms with van der Waals surface area (Å²) < 4.78 is 18.4. The van der Waals surface area contributed by atoms with E-state index in [-0.39, 0.29) is 46.0 Å². The molecule has 62 heavy (non-hydrogen) atoms. The maximum atomic E-state index is 12.4. The van der Waals surface area contributed by atoms with Gasteiger partial charge in [-0.3, -0.25) is 0 Å². The molecule has 10 rings (SSSR count). The summed E-state index contributed by atoms with van der Waals surface area (Å²) >= 11 is 0. The molecule has 2 heterocycles. The van der Waals surface area contributed by atoms with Crippen molar-refractivity contribution in [2.75, 3.05) is 6.61 Å². The zero-order valence-corrected chi connectivity index (χ0v) is 32.6. The number of ether oxygens (including phenoxy) is 3. The Morgan fingerprint density at radius 3 is 1.69 bits per heavy atom. The van der Waals surface area contributed by atoms with E-state index in [4.69, 9.17) is 14.2 Å². The van der Waals surface area contributed by atoms with Crippen molar-refractivity contribution < 1.29 is 70.4 Å². The molecule has 11 atom stereocenters. The molecule has 14 nitrogen and oxygen atoms in total. The molecular formula is C48H42O14. The van der Waals surface area contributed by atoms with Crippen LogP contribution in [-0.4, -0.2) is 93.5 Å². The van der Waals surface area contributed by atoms with Crippen LogP contribution in [-0.2, 0) is 4.74 Å². The smallest absolute Gasteiger partial charge is 0.229 e. The summed E-state index contributed by atoms with van der Waals surface area (Å²) in [5, 5.41) is 120. The second-order valence-electron chi connectivity index (χ2n) is 16.5. The van der Waals surface area contributed by atoms with Crippen LogP contribution in [0.1, 0.15) is 85.8 Å². The Morgan fingerprint density at radius 2 is 1.05 bits per heavy atom. The Kier molecular flexibility index (Phi) is 9.39. The Labute approximate surface area is 353 Å². The highest BCUT2D eigenvalue weighted by Crippen LogP contribution is 2.70. The maximum Gasteiger partial charge on any atom is 0.229 e. The van der Waals surface area contributed by atoms with Crippen molar-refractivity contribution in [2.45, 2.75) is 66.4 Å². The number of aliphatic hydroxyl groups is 4. The number of fused-ring (bicyclic) bond motifs is 2. The number of aromatic hydroxyl groups is 7. The fourth-order valence-electron chi connectivity index (χ4n) is 10.4. The number of rotatable bonds is 7. The molecule has 2 aliphatic carbocycles. The average Bonchev–Trinajstić information content (AvgIpc) is 3.76. The molecule has 6 aromatic carbocycles. The van der Waals surface area contributed by atoms with Crippen LogP contribution in [0.3, 0.4) is 0 Å². The molecular weight excluding hydrogens is 801 g/mol. The minimum atomic E-state index is -1.75. The van der Waals surface area contributed by atoms with Crippen molar-refractivity contribution in [2.24, 2.45) is 0 Å². The predicted octanol–water partition coefficient (Wildman–Crippen LogP) is 5.23. The normalized spacial score (nSPS) is 28.1. The van der Waals surface area contributed by atoms with Gasteiger partial charge in [-0.15, -0.1) is 0 Å². The van der Waals surface area contributed by atoms with Gasteiger partial charge < -0.3 is 70.4 Å². The van der Waals surface area contributed by atoms with Gasteiger partial charge in [-0.1, -0.05) is 36.4 Å². The van der Waals surface area contributed by atoms with Gasteiger partial charge in [0, 0.05) is 58.6 Å². The second-order valence-corrected chi connectivity index (χ2v) is 16.5. The van der Waals surface area contributed by atoms with Gasteiger partial charge in [-0.2, -0.15) is 0 Å². The second kappa shape index (κ2) is 14.8. The van der Waals surface area contributed by atoms with Gasteiger partial charge in [0.1, 0.15) is 82.3 Å². The van der Waals surface area contributed by atoms with E-state index in [0.717, 1.165) is 0 Å². The summed E-state index contributed by atoms with van der Waals surface area (Å²) in [6.07, 6.45) is -8.73. The molecule has 6 aromatic rings. The largest absolute Gasteiger partial charge is 0.508 e. The SMILES string of the molecule is OC[C@H]1O[C@@H](Oc2cc(O)cc([C@H]3c4c(O)cc5c6c4[C@H]([C@H](c4ccc(O)cc4)c4c(O)cc(O)cc4[C@H]6[C@H](c4ccc(O)cc4)O5)[C@@H]3c3ccc(O)cc3)c2)[C@H](O)[C@@H](O)[C@@H]1O. The lowest BCUT2D eigenvalue weighted by Gasteiger charge is -2.39. The zero-order chi connectivity index (χ0) is 43.3. The first-order valence-corrected chi connectivity index (χ1v) is 20.1. The van der Waals surface area contributed by atoms with Gasteiger partial charge in [0.15, 0.2) is 0 Å². The van der Waals surface area contributed by atoms with Gasteiger partial charge in [0.05, 0.1) is 12.5 Å². The molecule has 14 heteroatoms. The highest BCUT2D eigenvalue weighted by atomic mass is 16.7. The molecule has 4 aliphatic rings. The van der Waals surface area contributed by atoms with Crippen LogP contribution in [0.25, 0.3) is 0 Å². The monoisotopic (exact) mass is 842 g/mol. The lowest BCUT2D eigenvalue weighted by molar-refractivity contribution is -0.277. The molecule has 0 amide bonds. The molecule has 0 radical (unpaired) electrons. The fraction of sp³-hybridized carbons (Fsp3) is 0.250. The van der Waals surface area contributed by atoms with Crippen LogP contribution >= 0.6 is 0 Å². The van der Waals surface area contributed by atoms with Crippen molar-refractivity contribution in [1.29, 1.82) is 0 Å². The number of phenolic OH excluding ortho intramolecular Hbond substituents is 7. The Bertz CT molecular complexity index is 2680. The van der Waals surface area contributed by atoms with E-state index in [1.165, 1.54) is 48.5 Å². The number of benzene rings is 6. The van der Waals surface area contributed by atoms with E-state index in [9.17, 15) is 56.2 Å². The van der Waals surface area contributed by atoms with Crippen molar-refractivity contribution in [1.82, 2.24) is 0 Å². The molecule has 0 unspecified atom stereocenters. The van der Waals surface area contributed by atoms with Crippen molar-refractivity contribution in [3.8, 4) is 51.7 Å². The van der Waals surface area contributed by atoms with E-state index in [0.29, 0.717) is 55.8 Å². The summed E-state index contributed by atoms with van der Waals surface area (Å²) in [6.45, 7) is -0.687. The Balaban J connectivity index is 1.25. The summed E-state index contributed by atoms with van der Waals surface area (Å²) in [5.74, 6) is -4.07. The molecule has 318 valence electrons. The fourth-order valence-corrected chi connectivity index (χ4v) is 10.4. The number of hydrogen-bond donors (Lipinski definition) is 11. The van der Waals surface area contributed by atoms with Crippen molar-refractivity contribution in [3.05, 3.63) is 159 Å². The summed E-state index contributed by atoms with van der Waals surface area (Å²) in [4.78, 5) is 0. The first kappa shape index (κ1) is 39.5. The van der Waals surface area contributed by atoms with E-state index >= 15 is 0 Å². The van der Waals surface area contributed by atoms with Crippen LogP contribution in [0.4, 0.5) is 0 Å². The molecule has 1 fully saturated rings. The van der Waals surface area contributed by atoms with Crippen LogP contribution in [0, 0.1) is 0 Å². The molecule has 0 saturated carbocycles. The molecule has 0 bridgehead atoms. The van der Waals surface area contributed by atoms with E-state index in [2.05, 4.69) is 0 Å². The van der Waals surface area contributed by atoms with Crippen LogP contribution in [0.5, 0.6) is 51.7 Å². The summed E-state index contributed by atoms with van der Waals surface area (Å²) in [5.41, 5.74) is 5.26. The lowest BCUT2D eigenvalue weighted by Crippen LogP contribution is -2.60. The number of aliphatic hydroxyl groups excluding tert-OH is 4. The van der Waals surface area contributed by atoms with Crippen LogP contribution in [0.15, 0.2) is 109 Å². The lowest BCUT2D eigenvalue weighted by atomic mass is 9.69. The first-order chi connectivity index (χ1) is 29.8. The summed E-state index contributed by atoms with van der Waals surface area (Å²) in [6, 6.07) is 28.5. The Hall–Kier alpha value is -6.68. The van der Waals surface area contributed by atoms with Gasteiger partial charge in [-0.25, -0.2) is 0 Å². The molecule has 2 aliphatic heterocycles. The molecule has 0 spiro atoms. The van der Waals surface area contributed by atoms with Gasteiger partial charge in [0.25, 0.3) is 0 Å². The quantitative estimate of drug-likeness (QED) is 0.0986. The first-order valence-electron chi connectivity index (χ1n) is 20.1. The van der Waals surface area contributed by atoms with E-state index < -0.39 is 73.0 Å². The van der Waals surface area contributed by atoms with Crippen LogP contribution < -0.4 is 9.47 Å². The third-order valence-corrected chi connectivity index (χ3v) is 13.0. The van der Waals surface area contributed by atoms with Crippen molar-refractivity contribution in [3.63, 3.8) is 0 Å². The van der Waals surface area contributed by atoms with E-state index in [1.807, 2.05) is 0 Å². The molecule has 11 N–H and O–H groups in total. The topological polar surface area (TPSA) is 250 Å². The molecule has 0 aromatic heterocycles. The van der Waals surface area contributed by atoms with Gasteiger partial charge >= 0.3 is 0 Å². The highest BCUT2D eigenvalue weighted by molar-refractivity contribution is 5.72. The summed E-state index contributed by atoms with van der Waals surface area (Å²) in [7, 11) is 0. The van der Waals surface area contributed by atoms with Crippen molar-refractivity contribution >= 4 is 0 Å². The number of phenols is 7. The molecule has 1 saturated heterocycles. The Morgan fingerprint density at radius 1 is 0.468 bits per heavy atom. The van der Waals surface area contributed by atoms with Gasteiger partial charge in [0.2, 0.25) is 6.29 Å². The van der Waals surface area contributed by atoms with Crippen LogP contribution in [0.2, 0.25) is 0 Å². The average molecular weight is 843 g/mol. The highest BCUT2D eigenvalue weighted by Gasteiger charge is 2.56. The third-order valence-electron chi connectivity index (χ3n) is 13.0. The minimum absolute atomic E-state index is 0.00302. The zero-order valence-electron chi connectivity index (χ0n) is 32.6. The standard InChI is InChI=1S/C48H42O14/c49-19-34-44(57)45(58)46(59)48(62-34)60-29-14-23(13-27(53)15-29)37-35(20-1-7-24(50)8-2-20)42-36(21-3-9-25(51)10-4-21)38-30(16-28(54)17-31(38)55)39-41-33(18-32(56)40(37)43(41)42)61-47(39)22-5-11-26(52)12-6-22/h1-18,34-37,39,42,44-59H,19H2/t34-,35-,36-,37-,39-,42+,44-,45+,46-,47+,48-/m1/s1. The minimum Gasteiger partial charge on any atom is -0.508 e. The predicted molar refractivity (Wildman–Crippen MR) is 219 cm³/mol. The number of hydrogen-bond acceptors (Lipinski definition) is 14. The third kappa shape index (κ3) is 6.21. The van der Waals surface area contributed by atoms with Gasteiger partial charge in [-0.05, 0) is 88.0 Å². The maximum absolute atomic E-state index is 12.4.